The van der Waals surface area contributed by atoms with E-state index in [0.29, 0.717) is 6.54 Å². The average Bonchev–Trinajstić information content (AvgIpc) is 2.34. The summed E-state index contributed by atoms with van der Waals surface area (Å²) in [6.45, 7) is 0.416. The Hall–Kier alpha value is -1.10. The Morgan fingerprint density at radius 1 is 1.90 bits per heavy atom. The van der Waals surface area contributed by atoms with Crippen LogP contribution in [0.15, 0.2) is 11.4 Å². The Kier molecular flexibility index (Phi) is 2.22. The third-order valence-electron chi connectivity index (χ3n) is 0.935. The van der Waals surface area contributed by atoms with E-state index in [4.69, 9.17) is 5.73 Å². The fourth-order valence-corrected chi connectivity index (χ4v) is 1.05. The lowest BCUT2D eigenvalue weighted by molar-refractivity contribution is 0.248. The molecule has 0 aromatic carbocycles. The van der Waals surface area contributed by atoms with Crippen LogP contribution >= 0.6 is 11.5 Å². The van der Waals surface area contributed by atoms with E-state index in [2.05, 4.69) is 9.69 Å². The highest BCUT2D eigenvalue weighted by molar-refractivity contribution is 7.03. The van der Waals surface area contributed by atoms with Gasteiger partial charge in [0.15, 0.2) is 0 Å². The highest BCUT2D eigenvalue weighted by Gasteiger charge is 1.94. The third-order valence-corrected chi connectivity index (χ3v) is 1.53. The Morgan fingerprint density at radius 3 is 3.20 bits per heavy atom. The number of nitrogens with two attached hydrogens (primary N) is 1. The summed E-state index contributed by atoms with van der Waals surface area (Å²) < 4.78 is 3.96. The molecule has 4 nitrogen and oxygen atoms in total. The second kappa shape index (κ2) is 3.17. The zero-order chi connectivity index (χ0) is 7.40. The van der Waals surface area contributed by atoms with Crippen molar-refractivity contribution in [3.63, 3.8) is 0 Å². The second-order valence-electron chi connectivity index (χ2n) is 1.71. The molecule has 3 N–H and O–H groups in total. The van der Waals surface area contributed by atoms with Gasteiger partial charge in [0.2, 0.25) is 0 Å². The van der Waals surface area contributed by atoms with Gasteiger partial charge in [0, 0.05) is 5.38 Å². The van der Waals surface area contributed by atoms with Crippen LogP contribution in [0.25, 0.3) is 0 Å². The first-order valence-corrected chi connectivity index (χ1v) is 3.55. The maximum Gasteiger partial charge on any atom is 0.312 e. The molecular formula is C5H7N3OS. The number of primary amides is 1. The zero-order valence-electron chi connectivity index (χ0n) is 5.20. The molecule has 0 bridgehead atoms. The molecule has 1 aromatic rings. The molecule has 10 heavy (non-hydrogen) atoms. The molecule has 0 aliphatic carbocycles. The van der Waals surface area contributed by atoms with Crippen LogP contribution in [0.2, 0.25) is 0 Å². The van der Waals surface area contributed by atoms with Gasteiger partial charge in [-0.1, -0.05) is 0 Å². The number of nitrogens with zero attached hydrogens (tertiary/aromatic N) is 1. The predicted molar refractivity (Wildman–Crippen MR) is 38.5 cm³/mol. The molecule has 0 radical (unpaired) electrons. The molecule has 1 rings (SSSR count). The molecule has 0 atom stereocenters. The topological polar surface area (TPSA) is 68.0 Å². The van der Waals surface area contributed by atoms with E-state index in [1.807, 2.05) is 11.4 Å². The minimum absolute atomic E-state index is 0.416. The van der Waals surface area contributed by atoms with Gasteiger partial charge in [0.1, 0.15) is 0 Å². The first-order valence-electron chi connectivity index (χ1n) is 2.71. The normalized spacial score (nSPS) is 9.20. The summed E-state index contributed by atoms with van der Waals surface area (Å²) in [6, 6.07) is 1.31. The van der Waals surface area contributed by atoms with Crippen LogP contribution in [0.5, 0.6) is 0 Å². The van der Waals surface area contributed by atoms with Crippen LogP contribution in [-0.4, -0.2) is 10.4 Å². The minimum atomic E-state index is -0.520. The van der Waals surface area contributed by atoms with E-state index < -0.39 is 6.03 Å². The van der Waals surface area contributed by atoms with Crippen molar-refractivity contribution in [1.29, 1.82) is 0 Å². The number of aromatic nitrogens is 1. The molecule has 0 aliphatic rings. The Bertz CT molecular complexity index is 209. The Balaban J connectivity index is 2.35. The first-order chi connectivity index (χ1) is 4.79. The molecular weight excluding hydrogens is 150 g/mol. The molecule has 0 unspecified atom stereocenters. The van der Waals surface area contributed by atoms with Gasteiger partial charge in [-0.25, -0.2) is 4.79 Å². The fraction of sp³-hybridized carbons (Fsp3) is 0.200. The van der Waals surface area contributed by atoms with Crippen LogP contribution < -0.4 is 11.1 Å². The van der Waals surface area contributed by atoms with Crippen LogP contribution in [0.4, 0.5) is 4.79 Å². The smallest absolute Gasteiger partial charge is 0.312 e. The summed E-state index contributed by atoms with van der Waals surface area (Å²) in [5, 5.41) is 4.28. The van der Waals surface area contributed by atoms with Crippen molar-refractivity contribution >= 4 is 17.6 Å². The number of amides is 2. The summed E-state index contributed by atoms with van der Waals surface area (Å²) in [4.78, 5) is 10.2. The van der Waals surface area contributed by atoms with Crippen molar-refractivity contribution in [2.45, 2.75) is 6.54 Å². The number of carbonyl (C=O) groups is 1. The van der Waals surface area contributed by atoms with E-state index >= 15 is 0 Å². The molecule has 1 aromatic heterocycles. The SMILES string of the molecule is NC(=O)NCc1ccsn1. The first kappa shape index (κ1) is 7.01. The highest BCUT2D eigenvalue weighted by atomic mass is 32.1. The lowest BCUT2D eigenvalue weighted by atomic mass is 10.4. The number of rotatable bonds is 2. The monoisotopic (exact) mass is 157 g/mol. The van der Waals surface area contributed by atoms with E-state index in [0.717, 1.165) is 5.69 Å². The minimum Gasteiger partial charge on any atom is -0.352 e. The molecule has 0 aliphatic heterocycles. The van der Waals surface area contributed by atoms with Gasteiger partial charge in [-0.3, -0.25) is 0 Å². The van der Waals surface area contributed by atoms with E-state index in [9.17, 15) is 4.79 Å². The zero-order valence-corrected chi connectivity index (χ0v) is 6.02. The Labute approximate surface area is 62.2 Å². The van der Waals surface area contributed by atoms with Crippen molar-refractivity contribution in [1.82, 2.24) is 9.69 Å². The summed E-state index contributed by atoms with van der Waals surface area (Å²) in [6.07, 6.45) is 0. The number of carbonyl (C=O) groups excluding carboxylic acids is 1. The quantitative estimate of drug-likeness (QED) is 0.648. The van der Waals surface area contributed by atoms with Crippen molar-refractivity contribution in [2.24, 2.45) is 5.73 Å². The molecule has 0 spiro atoms. The lowest BCUT2D eigenvalue weighted by Gasteiger charge is -1.94. The largest absolute Gasteiger partial charge is 0.352 e. The van der Waals surface area contributed by atoms with Crippen molar-refractivity contribution in [2.75, 3.05) is 0 Å². The molecule has 5 heteroatoms. The molecule has 0 saturated carbocycles. The summed E-state index contributed by atoms with van der Waals surface area (Å²) in [7, 11) is 0. The van der Waals surface area contributed by atoms with Gasteiger partial charge in [-0.15, -0.1) is 0 Å². The Morgan fingerprint density at radius 2 is 2.70 bits per heavy atom. The van der Waals surface area contributed by atoms with Crippen LogP contribution in [0.1, 0.15) is 5.69 Å². The third kappa shape index (κ3) is 2.02. The fourth-order valence-electron chi connectivity index (χ4n) is 0.506. The van der Waals surface area contributed by atoms with E-state index in [1.165, 1.54) is 11.5 Å². The molecule has 54 valence electrons. The maximum absolute atomic E-state index is 10.2. The van der Waals surface area contributed by atoms with Gasteiger partial charge in [0.05, 0.1) is 12.2 Å². The van der Waals surface area contributed by atoms with Gasteiger partial charge in [-0.05, 0) is 17.6 Å². The van der Waals surface area contributed by atoms with Crippen LogP contribution in [0.3, 0.4) is 0 Å². The number of hydrogen-bond acceptors (Lipinski definition) is 3. The van der Waals surface area contributed by atoms with E-state index in [-0.39, 0.29) is 0 Å². The van der Waals surface area contributed by atoms with Crippen molar-refractivity contribution in [3.8, 4) is 0 Å². The summed E-state index contributed by atoms with van der Waals surface area (Å²) >= 11 is 1.35. The van der Waals surface area contributed by atoms with Gasteiger partial charge in [-0.2, -0.15) is 4.37 Å². The van der Waals surface area contributed by atoms with Crippen molar-refractivity contribution < 1.29 is 4.79 Å². The lowest BCUT2D eigenvalue weighted by Crippen LogP contribution is -2.28. The number of hydrogen-bond donors (Lipinski definition) is 2. The van der Waals surface area contributed by atoms with Gasteiger partial charge in [0.25, 0.3) is 0 Å². The van der Waals surface area contributed by atoms with E-state index in [1.54, 1.807) is 0 Å². The molecule has 1 heterocycles. The van der Waals surface area contributed by atoms with Gasteiger partial charge < -0.3 is 11.1 Å². The second-order valence-corrected chi connectivity index (χ2v) is 2.37. The highest BCUT2D eigenvalue weighted by Crippen LogP contribution is 1.97. The summed E-state index contributed by atoms with van der Waals surface area (Å²) in [5.74, 6) is 0. The predicted octanol–water partition coefficient (Wildman–Crippen LogP) is 0.311. The standard InChI is InChI=1S/C5H7N3OS/c6-5(9)7-3-4-1-2-10-8-4/h1-2H,3H2,(H3,6,7,9). The number of nitrogens with one attached hydrogen (secondary N) is 1. The van der Waals surface area contributed by atoms with Crippen LogP contribution in [-0.2, 0) is 6.54 Å². The van der Waals surface area contributed by atoms with Gasteiger partial charge >= 0.3 is 6.03 Å². The molecule has 0 fully saturated rings. The number of urea groups is 1. The summed E-state index contributed by atoms with van der Waals surface area (Å²) in [5.41, 5.74) is 5.67. The molecule has 0 saturated heterocycles. The maximum atomic E-state index is 10.2. The average molecular weight is 157 g/mol. The molecule has 2 amide bonds. The van der Waals surface area contributed by atoms with Crippen molar-refractivity contribution in [3.05, 3.63) is 17.1 Å². The van der Waals surface area contributed by atoms with Crippen LogP contribution in [0, 0.1) is 0 Å².